The minimum absolute atomic E-state index is 0.157. The van der Waals surface area contributed by atoms with E-state index in [9.17, 15) is 14.0 Å². The summed E-state index contributed by atoms with van der Waals surface area (Å²) in [6.45, 7) is 3.04. The van der Waals surface area contributed by atoms with E-state index in [1.54, 1.807) is 36.4 Å². The van der Waals surface area contributed by atoms with Gasteiger partial charge in [-0.2, -0.15) is 0 Å². The topological polar surface area (TPSA) is 65.8 Å². The zero-order valence-corrected chi connectivity index (χ0v) is 18.5. The number of hydrogen-bond donors (Lipinski definition) is 1. The molecule has 6 nitrogen and oxygen atoms in total. The molecule has 0 unspecified atom stereocenters. The van der Waals surface area contributed by atoms with Crippen LogP contribution < -0.4 is 15.6 Å². The summed E-state index contributed by atoms with van der Waals surface area (Å²) in [4.78, 5) is 30.4. The Kier molecular flexibility index (Phi) is 6.10. The lowest BCUT2D eigenvalue weighted by molar-refractivity contribution is -0.117. The predicted octanol–water partition coefficient (Wildman–Crippen LogP) is 4.36. The monoisotopic (exact) mass is 457 g/mol. The molecule has 172 valence electrons. The number of nitrogens with zero attached hydrogens (tertiary/aromatic N) is 2. The van der Waals surface area contributed by atoms with Crippen LogP contribution in [0.1, 0.15) is 0 Å². The normalized spacial score (nSPS) is 14.3. The molecule has 4 aromatic rings. The summed E-state index contributed by atoms with van der Waals surface area (Å²) in [7, 11) is 0. The van der Waals surface area contributed by atoms with Crippen LogP contribution in [0.5, 0.6) is 0 Å². The highest BCUT2D eigenvalue weighted by Gasteiger charge is 2.22. The molecular weight excluding hydrogens is 433 g/mol. The molecule has 3 aromatic carbocycles. The van der Waals surface area contributed by atoms with E-state index in [1.807, 2.05) is 30.3 Å². The first kappa shape index (κ1) is 21.9. The number of piperazine rings is 1. The third kappa shape index (κ3) is 4.56. The maximum Gasteiger partial charge on any atom is 0.240 e. The van der Waals surface area contributed by atoms with E-state index in [2.05, 4.69) is 15.1 Å². The minimum atomic E-state index is -0.255. The van der Waals surface area contributed by atoms with Gasteiger partial charge in [0, 0.05) is 31.9 Å². The van der Waals surface area contributed by atoms with Gasteiger partial charge in [0.15, 0.2) is 0 Å². The molecule has 0 radical (unpaired) electrons. The summed E-state index contributed by atoms with van der Waals surface area (Å²) in [6.07, 6.45) is 0. The smallest absolute Gasteiger partial charge is 0.240 e. The second kappa shape index (κ2) is 9.49. The second-order valence-electron chi connectivity index (χ2n) is 8.29. The van der Waals surface area contributed by atoms with Crippen LogP contribution in [-0.2, 0) is 4.79 Å². The summed E-state index contributed by atoms with van der Waals surface area (Å²) in [6, 6.07) is 22.7. The largest absolute Gasteiger partial charge is 0.439 e. The first-order valence-electron chi connectivity index (χ1n) is 11.2. The van der Waals surface area contributed by atoms with Crippen LogP contribution in [0.25, 0.3) is 22.1 Å². The SMILES string of the molecule is O=C(CN1CCN(c2ccc(F)cc2)CC1)Nc1oc2ccccc2c(=O)c1-c1ccccc1. The van der Waals surface area contributed by atoms with E-state index in [-0.39, 0.29) is 29.6 Å². The van der Waals surface area contributed by atoms with Gasteiger partial charge in [-0.3, -0.25) is 19.8 Å². The zero-order chi connectivity index (χ0) is 23.5. The van der Waals surface area contributed by atoms with Crippen LogP contribution in [0.15, 0.2) is 88.1 Å². The van der Waals surface area contributed by atoms with E-state index >= 15 is 0 Å². The number of hydrogen-bond acceptors (Lipinski definition) is 5. The van der Waals surface area contributed by atoms with Gasteiger partial charge in [0.2, 0.25) is 17.2 Å². The average Bonchev–Trinajstić information content (AvgIpc) is 2.86. The molecule has 1 aliphatic rings. The van der Waals surface area contributed by atoms with Gasteiger partial charge < -0.3 is 9.32 Å². The number of benzene rings is 3. The van der Waals surface area contributed by atoms with Crippen LogP contribution in [0.4, 0.5) is 16.0 Å². The Balaban J connectivity index is 1.32. The number of para-hydroxylation sites is 1. The van der Waals surface area contributed by atoms with Crippen molar-refractivity contribution in [2.75, 3.05) is 42.9 Å². The van der Waals surface area contributed by atoms with Crippen molar-refractivity contribution >= 4 is 28.4 Å². The fourth-order valence-electron chi connectivity index (χ4n) is 4.28. The van der Waals surface area contributed by atoms with Crippen molar-refractivity contribution in [1.82, 2.24) is 4.90 Å². The Hall–Kier alpha value is -3.97. The third-order valence-electron chi connectivity index (χ3n) is 6.04. The second-order valence-corrected chi connectivity index (χ2v) is 8.29. The maximum atomic E-state index is 13.3. The van der Waals surface area contributed by atoms with Gasteiger partial charge in [0.05, 0.1) is 17.5 Å². The number of anilines is 2. The first-order chi connectivity index (χ1) is 16.6. The van der Waals surface area contributed by atoms with Crippen LogP contribution in [-0.4, -0.2) is 43.5 Å². The molecule has 1 aliphatic heterocycles. The van der Waals surface area contributed by atoms with Gasteiger partial charge in [-0.05, 0) is 42.0 Å². The van der Waals surface area contributed by atoms with Crippen molar-refractivity contribution in [3.8, 4) is 11.1 Å². The fourth-order valence-corrected chi connectivity index (χ4v) is 4.28. The standard InChI is InChI=1S/C27H24FN3O3/c28-20-10-12-21(13-11-20)31-16-14-30(15-17-31)18-24(32)29-27-25(19-6-2-1-3-7-19)26(33)22-8-4-5-9-23(22)34-27/h1-13H,14-18H2,(H,29,32). The molecule has 0 aliphatic carbocycles. The van der Waals surface area contributed by atoms with E-state index in [1.165, 1.54) is 12.1 Å². The highest BCUT2D eigenvalue weighted by Crippen LogP contribution is 2.28. The molecule has 7 heteroatoms. The average molecular weight is 458 g/mol. The van der Waals surface area contributed by atoms with Crippen molar-refractivity contribution in [2.45, 2.75) is 0 Å². The van der Waals surface area contributed by atoms with Gasteiger partial charge in [-0.1, -0.05) is 42.5 Å². The van der Waals surface area contributed by atoms with Crippen LogP contribution in [0, 0.1) is 5.82 Å². The van der Waals surface area contributed by atoms with E-state index < -0.39 is 0 Å². The molecule has 1 fully saturated rings. The number of carbonyl (C=O) groups excluding carboxylic acids is 1. The lowest BCUT2D eigenvalue weighted by Gasteiger charge is -2.35. The summed E-state index contributed by atoms with van der Waals surface area (Å²) in [5.74, 6) is -0.343. The van der Waals surface area contributed by atoms with Crippen molar-refractivity contribution in [2.24, 2.45) is 0 Å². The maximum absolute atomic E-state index is 13.3. The third-order valence-corrected chi connectivity index (χ3v) is 6.04. The van der Waals surface area contributed by atoms with Gasteiger partial charge in [0.1, 0.15) is 11.4 Å². The quantitative estimate of drug-likeness (QED) is 0.483. The number of amides is 1. The van der Waals surface area contributed by atoms with Crippen LogP contribution in [0.2, 0.25) is 0 Å². The Morgan fingerprint density at radius 1 is 0.882 bits per heavy atom. The molecule has 0 bridgehead atoms. The summed E-state index contributed by atoms with van der Waals surface area (Å²) in [5.41, 5.74) is 2.24. The molecule has 0 spiro atoms. The van der Waals surface area contributed by atoms with Crippen molar-refractivity contribution in [3.63, 3.8) is 0 Å². The summed E-state index contributed by atoms with van der Waals surface area (Å²) < 4.78 is 19.2. The van der Waals surface area contributed by atoms with Gasteiger partial charge in [-0.15, -0.1) is 0 Å². The Bertz CT molecular complexity index is 1360. The van der Waals surface area contributed by atoms with Crippen LogP contribution >= 0.6 is 0 Å². The molecule has 0 saturated carbocycles. The summed E-state index contributed by atoms with van der Waals surface area (Å²) >= 11 is 0. The molecule has 1 amide bonds. The molecule has 0 atom stereocenters. The molecule has 2 heterocycles. The van der Waals surface area contributed by atoms with E-state index in [0.717, 1.165) is 18.8 Å². The highest BCUT2D eigenvalue weighted by atomic mass is 19.1. The molecular formula is C27H24FN3O3. The van der Waals surface area contributed by atoms with Gasteiger partial charge in [0.25, 0.3) is 0 Å². The number of halogens is 1. The van der Waals surface area contributed by atoms with Crippen molar-refractivity contribution in [1.29, 1.82) is 0 Å². The Morgan fingerprint density at radius 2 is 1.56 bits per heavy atom. The van der Waals surface area contributed by atoms with Crippen molar-refractivity contribution in [3.05, 3.63) is 94.9 Å². The fraction of sp³-hybridized carbons (Fsp3) is 0.185. The number of fused-ring (bicyclic) bond motifs is 1. The van der Waals surface area contributed by atoms with Crippen LogP contribution in [0.3, 0.4) is 0 Å². The predicted molar refractivity (Wildman–Crippen MR) is 132 cm³/mol. The summed E-state index contributed by atoms with van der Waals surface area (Å²) in [5, 5.41) is 3.30. The molecule has 1 aromatic heterocycles. The van der Waals surface area contributed by atoms with Crippen molar-refractivity contribution < 1.29 is 13.6 Å². The molecule has 5 rings (SSSR count). The van der Waals surface area contributed by atoms with Gasteiger partial charge >= 0.3 is 0 Å². The first-order valence-corrected chi connectivity index (χ1v) is 11.2. The number of nitrogens with one attached hydrogen (secondary N) is 1. The van der Waals surface area contributed by atoms with E-state index in [4.69, 9.17) is 4.42 Å². The lowest BCUT2D eigenvalue weighted by Crippen LogP contribution is -2.48. The highest BCUT2D eigenvalue weighted by molar-refractivity contribution is 5.97. The van der Waals surface area contributed by atoms with Gasteiger partial charge in [-0.25, -0.2) is 4.39 Å². The number of rotatable bonds is 5. The zero-order valence-electron chi connectivity index (χ0n) is 18.5. The molecule has 34 heavy (non-hydrogen) atoms. The van der Waals surface area contributed by atoms with E-state index in [0.29, 0.717) is 35.2 Å². The lowest BCUT2D eigenvalue weighted by atomic mass is 10.0. The Labute approximate surface area is 196 Å². The molecule has 1 N–H and O–H groups in total. The number of carbonyl (C=O) groups is 1. The molecule has 1 saturated heterocycles. The minimum Gasteiger partial charge on any atom is -0.439 e. The Morgan fingerprint density at radius 3 is 2.29 bits per heavy atom.